The lowest BCUT2D eigenvalue weighted by molar-refractivity contribution is 0.971. The third-order valence-corrected chi connectivity index (χ3v) is 4.38. The Bertz CT molecular complexity index is 752. The minimum Gasteiger partial charge on any atom is -0.260 e. The summed E-state index contributed by atoms with van der Waals surface area (Å²) in [5.74, 6) is 1.59. The van der Waals surface area contributed by atoms with Gasteiger partial charge in [0.25, 0.3) is 0 Å². The molecule has 22 heavy (non-hydrogen) atoms. The van der Waals surface area contributed by atoms with E-state index in [1.165, 1.54) is 11.1 Å². The van der Waals surface area contributed by atoms with Crippen molar-refractivity contribution in [2.24, 2.45) is 0 Å². The lowest BCUT2D eigenvalue weighted by Gasteiger charge is -2.04. The van der Waals surface area contributed by atoms with Crippen LogP contribution in [0, 0.1) is 6.92 Å². The third-order valence-electron chi connectivity index (χ3n) is 3.49. The molecule has 0 spiro atoms. The Labute approximate surface area is 134 Å². The fourth-order valence-electron chi connectivity index (χ4n) is 2.26. The predicted octanol–water partition coefficient (Wildman–Crippen LogP) is 4.03. The van der Waals surface area contributed by atoms with Crippen LogP contribution in [-0.2, 0) is 12.2 Å². The van der Waals surface area contributed by atoms with Gasteiger partial charge in [0.2, 0.25) is 5.16 Å². The summed E-state index contributed by atoms with van der Waals surface area (Å²) in [4.78, 5) is 8.89. The molecule has 0 amide bonds. The zero-order chi connectivity index (χ0) is 15.4. The molecular weight excluding hydrogens is 292 g/mol. The molecule has 112 valence electrons. The molecule has 0 saturated heterocycles. The van der Waals surface area contributed by atoms with Gasteiger partial charge in [-0.15, -0.1) is 5.10 Å². The Morgan fingerprint density at radius 1 is 1.18 bits per heavy atom. The SMILES string of the molecule is CCc1ccc(-c2nc(SCc3ccccn3)n[nH]2)c(C)c1. The molecule has 1 aromatic carbocycles. The number of pyridine rings is 1. The van der Waals surface area contributed by atoms with E-state index in [9.17, 15) is 0 Å². The Morgan fingerprint density at radius 3 is 2.82 bits per heavy atom. The van der Waals surface area contributed by atoms with Gasteiger partial charge in [-0.2, -0.15) is 0 Å². The molecule has 2 aromatic heterocycles. The highest BCUT2D eigenvalue weighted by Crippen LogP contribution is 2.24. The van der Waals surface area contributed by atoms with Crippen LogP contribution in [0.25, 0.3) is 11.4 Å². The molecular formula is C17H18N4S. The molecule has 0 aliphatic carbocycles. The van der Waals surface area contributed by atoms with Gasteiger partial charge in [-0.1, -0.05) is 43.0 Å². The van der Waals surface area contributed by atoms with Gasteiger partial charge in [-0.05, 0) is 36.6 Å². The summed E-state index contributed by atoms with van der Waals surface area (Å²) in [6.07, 6.45) is 2.85. The van der Waals surface area contributed by atoms with Crippen LogP contribution < -0.4 is 0 Å². The summed E-state index contributed by atoms with van der Waals surface area (Å²) in [6.45, 7) is 4.27. The quantitative estimate of drug-likeness (QED) is 0.723. The number of hydrogen-bond donors (Lipinski definition) is 1. The molecule has 3 rings (SSSR count). The zero-order valence-electron chi connectivity index (χ0n) is 12.7. The summed E-state index contributed by atoms with van der Waals surface area (Å²) in [6, 6.07) is 12.4. The lowest BCUT2D eigenvalue weighted by Crippen LogP contribution is -1.89. The Balaban J connectivity index is 1.73. The van der Waals surface area contributed by atoms with Gasteiger partial charge >= 0.3 is 0 Å². The second-order valence-corrected chi connectivity index (χ2v) is 6.02. The predicted molar refractivity (Wildman–Crippen MR) is 89.7 cm³/mol. The Morgan fingerprint density at radius 2 is 2.09 bits per heavy atom. The smallest absolute Gasteiger partial charge is 0.209 e. The second kappa shape index (κ2) is 6.75. The van der Waals surface area contributed by atoms with Gasteiger partial charge in [0, 0.05) is 17.5 Å². The minimum absolute atomic E-state index is 0.750. The van der Waals surface area contributed by atoms with Crippen LogP contribution in [0.2, 0.25) is 0 Å². The number of H-pyrrole nitrogens is 1. The van der Waals surface area contributed by atoms with Crippen LogP contribution >= 0.6 is 11.8 Å². The van der Waals surface area contributed by atoms with Crippen LogP contribution in [0.1, 0.15) is 23.7 Å². The topological polar surface area (TPSA) is 54.5 Å². The van der Waals surface area contributed by atoms with Gasteiger partial charge in [0.15, 0.2) is 5.82 Å². The summed E-state index contributed by atoms with van der Waals surface area (Å²) >= 11 is 1.59. The van der Waals surface area contributed by atoms with Crippen LogP contribution in [0.3, 0.4) is 0 Å². The van der Waals surface area contributed by atoms with Gasteiger partial charge in [-0.3, -0.25) is 10.1 Å². The molecule has 0 radical (unpaired) electrons. The zero-order valence-corrected chi connectivity index (χ0v) is 13.5. The number of nitrogens with one attached hydrogen (secondary N) is 1. The monoisotopic (exact) mass is 310 g/mol. The number of rotatable bonds is 5. The molecule has 0 bridgehead atoms. The van der Waals surface area contributed by atoms with Gasteiger partial charge in [-0.25, -0.2) is 4.98 Å². The number of benzene rings is 1. The van der Waals surface area contributed by atoms with Crippen molar-refractivity contribution in [3.8, 4) is 11.4 Å². The highest BCUT2D eigenvalue weighted by molar-refractivity contribution is 7.98. The van der Waals surface area contributed by atoms with Crippen molar-refractivity contribution in [3.63, 3.8) is 0 Å². The molecule has 5 heteroatoms. The van der Waals surface area contributed by atoms with Gasteiger partial charge < -0.3 is 0 Å². The van der Waals surface area contributed by atoms with Crippen LogP contribution in [-0.4, -0.2) is 20.2 Å². The van der Waals surface area contributed by atoms with E-state index in [0.717, 1.165) is 34.4 Å². The molecule has 0 unspecified atom stereocenters. The molecule has 4 nitrogen and oxygen atoms in total. The fourth-order valence-corrected chi connectivity index (χ4v) is 2.98. The number of aryl methyl sites for hydroxylation is 2. The molecule has 0 saturated carbocycles. The Hall–Kier alpha value is -2.14. The largest absolute Gasteiger partial charge is 0.260 e. The van der Waals surface area contributed by atoms with E-state index in [-0.39, 0.29) is 0 Å². The summed E-state index contributed by atoms with van der Waals surface area (Å²) in [5.41, 5.74) is 4.69. The van der Waals surface area contributed by atoms with Crippen molar-refractivity contribution in [1.29, 1.82) is 0 Å². The normalized spacial score (nSPS) is 10.8. The van der Waals surface area contributed by atoms with Crippen LogP contribution in [0.15, 0.2) is 47.8 Å². The van der Waals surface area contributed by atoms with Gasteiger partial charge in [0.1, 0.15) is 0 Å². The van der Waals surface area contributed by atoms with E-state index in [0.29, 0.717) is 0 Å². The number of nitrogens with zero attached hydrogens (tertiary/aromatic N) is 3. The summed E-state index contributed by atoms with van der Waals surface area (Å²) < 4.78 is 0. The number of aromatic amines is 1. The summed E-state index contributed by atoms with van der Waals surface area (Å²) in [5, 5.41) is 8.07. The van der Waals surface area contributed by atoms with Gasteiger partial charge in [0.05, 0.1) is 5.69 Å². The lowest BCUT2D eigenvalue weighted by atomic mass is 10.0. The fraction of sp³-hybridized carbons (Fsp3) is 0.235. The van der Waals surface area contributed by atoms with Crippen molar-refractivity contribution in [2.45, 2.75) is 31.2 Å². The van der Waals surface area contributed by atoms with E-state index in [4.69, 9.17) is 0 Å². The molecule has 0 aliphatic heterocycles. The minimum atomic E-state index is 0.750. The van der Waals surface area contributed by atoms with Crippen molar-refractivity contribution < 1.29 is 0 Å². The van der Waals surface area contributed by atoms with E-state index in [1.54, 1.807) is 18.0 Å². The molecule has 0 atom stereocenters. The molecule has 2 heterocycles. The standard InChI is InChI=1S/C17H18N4S/c1-3-13-7-8-15(12(2)10-13)16-19-17(21-20-16)22-11-14-6-4-5-9-18-14/h4-10H,3,11H2,1-2H3,(H,19,20,21). The first-order chi connectivity index (χ1) is 10.8. The first-order valence-corrected chi connectivity index (χ1v) is 8.30. The second-order valence-electron chi connectivity index (χ2n) is 5.08. The van der Waals surface area contributed by atoms with Crippen molar-refractivity contribution in [3.05, 3.63) is 59.4 Å². The average molecular weight is 310 g/mol. The maximum atomic E-state index is 4.58. The first-order valence-electron chi connectivity index (χ1n) is 7.31. The molecule has 0 aliphatic rings. The first kappa shape index (κ1) is 14.8. The number of hydrogen-bond acceptors (Lipinski definition) is 4. The highest BCUT2D eigenvalue weighted by atomic mass is 32.2. The summed E-state index contributed by atoms with van der Waals surface area (Å²) in [7, 11) is 0. The molecule has 3 aromatic rings. The maximum absolute atomic E-state index is 4.58. The van der Waals surface area contributed by atoms with E-state index in [1.807, 2.05) is 18.2 Å². The van der Waals surface area contributed by atoms with Crippen molar-refractivity contribution in [1.82, 2.24) is 20.2 Å². The van der Waals surface area contributed by atoms with Crippen molar-refractivity contribution >= 4 is 11.8 Å². The van der Waals surface area contributed by atoms with E-state index < -0.39 is 0 Å². The third kappa shape index (κ3) is 3.36. The van der Waals surface area contributed by atoms with Crippen LogP contribution in [0.5, 0.6) is 0 Å². The molecule has 0 fully saturated rings. The molecule has 1 N–H and O–H groups in total. The van der Waals surface area contributed by atoms with Crippen LogP contribution in [0.4, 0.5) is 0 Å². The highest BCUT2D eigenvalue weighted by Gasteiger charge is 2.09. The van der Waals surface area contributed by atoms with E-state index in [2.05, 4.69) is 52.2 Å². The maximum Gasteiger partial charge on any atom is 0.209 e. The number of aromatic nitrogens is 4. The van der Waals surface area contributed by atoms with Crippen molar-refractivity contribution in [2.75, 3.05) is 0 Å². The number of thioether (sulfide) groups is 1. The Kier molecular flexibility index (Phi) is 4.53. The van der Waals surface area contributed by atoms with E-state index >= 15 is 0 Å². The average Bonchev–Trinajstić information content (AvgIpc) is 3.02.